The van der Waals surface area contributed by atoms with Crippen LogP contribution >= 0.6 is 11.8 Å². The minimum atomic E-state index is -3.90. The number of aromatic nitrogens is 1. The van der Waals surface area contributed by atoms with Crippen LogP contribution in [0.1, 0.15) is 15.9 Å². The Morgan fingerprint density at radius 3 is 2.48 bits per heavy atom. The first-order chi connectivity index (χ1) is 14.8. The van der Waals surface area contributed by atoms with Crippen LogP contribution in [0.2, 0.25) is 0 Å². The van der Waals surface area contributed by atoms with Crippen LogP contribution in [-0.2, 0) is 16.6 Å². The third-order valence-electron chi connectivity index (χ3n) is 4.57. The summed E-state index contributed by atoms with van der Waals surface area (Å²) in [7, 11) is -1.02. The molecule has 2 aromatic carbocycles. The van der Waals surface area contributed by atoms with E-state index in [1.165, 1.54) is 48.4 Å². The summed E-state index contributed by atoms with van der Waals surface area (Å²) >= 11 is 1.50. The van der Waals surface area contributed by atoms with Gasteiger partial charge in [-0.2, -0.15) is 4.31 Å². The fourth-order valence-electron chi connectivity index (χ4n) is 2.89. The van der Waals surface area contributed by atoms with Crippen molar-refractivity contribution in [1.82, 2.24) is 9.29 Å². The molecule has 31 heavy (non-hydrogen) atoms. The first-order valence-corrected chi connectivity index (χ1v) is 12.0. The van der Waals surface area contributed by atoms with E-state index in [2.05, 4.69) is 10.3 Å². The van der Waals surface area contributed by atoms with Crippen molar-refractivity contribution in [1.29, 1.82) is 0 Å². The van der Waals surface area contributed by atoms with Gasteiger partial charge in [-0.1, -0.05) is 30.3 Å². The van der Waals surface area contributed by atoms with Crippen LogP contribution in [0, 0.1) is 0 Å². The molecule has 7 nitrogen and oxygen atoms in total. The zero-order chi connectivity index (χ0) is 22.4. The van der Waals surface area contributed by atoms with Crippen molar-refractivity contribution in [3.05, 3.63) is 78.0 Å². The molecule has 0 spiro atoms. The molecule has 0 unspecified atom stereocenters. The van der Waals surface area contributed by atoms with E-state index >= 15 is 0 Å². The van der Waals surface area contributed by atoms with Crippen molar-refractivity contribution in [2.24, 2.45) is 0 Å². The molecule has 0 fully saturated rings. The fourth-order valence-corrected chi connectivity index (χ4v) is 4.59. The molecule has 162 valence electrons. The maximum Gasteiger partial charge on any atom is 0.255 e. The standard InChI is InChI=1S/C22H23N3O4S2/c1-25(15-16-7-5-4-6-8-16)31(27,28)20-13-17(9-11-19(20)29-2)22(26)24-18-10-12-21(30-3)23-14-18/h4-14H,15H2,1-3H3,(H,24,26). The van der Waals surface area contributed by atoms with Gasteiger partial charge in [-0.05, 0) is 42.2 Å². The van der Waals surface area contributed by atoms with Crippen molar-refractivity contribution in [3.63, 3.8) is 0 Å². The molecule has 3 aromatic rings. The van der Waals surface area contributed by atoms with Crippen LogP contribution in [0.15, 0.2) is 76.8 Å². The highest BCUT2D eigenvalue weighted by Gasteiger charge is 2.26. The van der Waals surface area contributed by atoms with E-state index in [0.29, 0.717) is 5.69 Å². The van der Waals surface area contributed by atoms with Crippen LogP contribution < -0.4 is 10.1 Å². The zero-order valence-corrected chi connectivity index (χ0v) is 19.0. The van der Waals surface area contributed by atoms with E-state index in [9.17, 15) is 13.2 Å². The predicted octanol–water partition coefficient (Wildman–Crippen LogP) is 3.89. The lowest BCUT2D eigenvalue weighted by molar-refractivity contribution is 0.102. The van der Waals surface area contributed by atoms with E-state index in [1.54, 1.807) is 18.3 Å². The van der Waals surface area contributed by atoms with Gasteiger partial charge in [0.05, 0.1) is 24.0 Å². The molecular weight excluding hydrogens is 434 g/mol. The molecule has 0 saturated carbocycles. The summed E-state index contributed by atoms with van der Waals surface area (Å²) in [5, 5.41) is 3.57. The van der Waals surface area contributed by atoms with Gasteiger partial charge in [-0.25, -0.2) is 13.4 Å². The van der Waals surface area contributed by atoms with Gasteiger partial charge < -0.3 is 10.1 Å². The van der Waals surface area contributed by atoms with Crippen molar-refractivity contribution in [3.8, 4) is 5.75 Å². The number of ether oxygens (including phenoxy) is 1. The van der Waals surface area contributed by atoms with Gasteiger partial charge in [0.1, 0.15) is 10.6 Å². The number of pyridine rings is 1. The number of carbonyl (C=O) groups is 1. The molecule has 3 rings (SSSR count). The Labute approximate surface area is 186 Å². The number of rotatable bonds is 8. The number of sulfonamides is 1. The molecule has 0 saturated heterocycles. The molecule has 1 N–H and O–H groups in total. The molecule has 1 amide bonds. The number of nitrogens with one attached hydrogen (secondary N) is 1. The summed E-state index contributed by atoms with van der Waals surface area (Å²) in [6.07, 6.45) is 3.47. The number of nitrogens with zero attached hydrogens (tertiary/aromatic N) is 2. The minimum absolute atomic E-state index is 0.0723. The Hall–Kier alpha value is -2.88. The lowest BCUT2D eigenvalue weighted by Gasteiger charge is -2.19. The number of amides is 1. The molecule has 0 radical (unpaired) electrons. The Morgan fingerprint density at radius 1 is 1.13 bits per heavy atom. The van der Waals surface area contributed by atoms with Gasteiger partial charge in [0.15, 0.2) is 0 Å². The maximum atomic E-state index is 13.2. The largest absolute Gasteiger partial charge is 0.495 e. The van der Waals surface area contributed by atoms with Gasteiger partial charge in [-0.3, -0.25) is 4.79 Å². The normalized spacial score (nSPS) is 11.4. The highest BCUT2D eigenvalue weighted by Crippen LogP contribution is 2.28. The van der Waals surface area contributed by atoms with E-state index in [0.717, 1.165) is 10.6 Å². The molecule has 1 aromatic heterocycles. The van der Waals surface area contributed by atoms with Crippen LogP contribution in [0.25, 0.3) is 0 Å². The van der Waals surface area contributed by atoms with Crippen molar-refractivity contribution in [2.75, 3.05) is 25.7 Å². The number of benzene rings is 2. The molecule has 0 atom stereocenters. The molecule has 1 heterocycles. The van der Waals surface area contributed by atoms with Crippen LogP contribution in [0.3, 0.4) is 0 Å². The summed E-state index contributed by atoms with van der Waals surface area (Å²) in [4.78, 5) is 16.9. The molecule has 9 heteroatoms. The maximum absolute atomic E-state index is 13.2. The number of anilines is 1. The Balaban J connectivity index is 1.87. The topological polar surface area (TPSA) is 88.6 Å². The third-order valence-corrected chi connectivity index (χ3v) is 7.05. The van der Waals surface area contributed by atoms with E-state index in [-0.39, 0.29) is 22.8 Å². The summed E-state index contributed by atoms with van der Waals surface area (Å²) in [6.45, 7) is 0.191. The molecule has 0 aliphatic heterocycles. The third kappa shape index (κ3) is 5.43. The SMILES string of the molecule is COc1ccc(C(=O)Nc2ccc(SC)nc2)cc1S(=O)(=O)N(C)Cc1ccccc1. The second kappa shape index (κ2) is 9.95. The van der Waals surface area contributed by atoms with Crippen LogP contribution in [-0.4, -0.2) is 44.0 Å². The number of thioether (sulfide) groups is 1. The molecule has 0 aliphatic carbocycles. The number of methoxy groups -OCH3 is 1. The Bertz CT molecular complexity index is 1150. The summed E-state index contributed by atoms with van der Waals surface area (Å²) < 4.78 is 32.9. The Kier molecular flexibility index (Phi) is 7.32. The van der Waals surface area contributed by atoms with E-state index in [4.69, 9.17) is 4.74 Å². The van der Waals surface area contributed by atoms with Gasteiger partial charge in [0.25, 0.3) is 5.91 Å². The highest BCUT2D eigenvalue weighted by atomic mass is 32.2. The van der Waals surface area contributed by atoms with Gasteiger partial charge >= 0.3 is 0 Å². The highest BCUT2D eigenvalue weighted by molar-refractivity contribution is 7.98. The monoisotopic (exact) mass is 457 g/mol. The number of carbonyl (C=O) groups excluding carboxylic acids is 1. The van der Waals surface area contributed by atoms with Gasteiger partial charge in [0.2, 0.25) is 10.0 Å². The summed E-state index contributed by atoms with van der Waals surface area (Å²) in [5.74, 6) is -0.272. The van der Waals surface area contributed by atoms with Crippen molar-refractivity contribution >= 4 is 33.4 Å². The van der Waals surface area contributed by atoms with E-state index < -0.39 is 15.9 Å². The lowest BCUT2D eigenvalue weighted by atomic mass is 10.2. The molecular formula is C22H23N3O4S2. The summed E-state index contributed by atoms with van der Waals surface area (Å²) in [6, 6.07) is 17.1. The lowest BCUT2D eigenvalue weighted by Crippen LogP contribution is -2.27. The van der Waals surface area contributed by atoms with Crippen molar-refractivity contribution < 1.29 is 17.9 Å². The second-order valence-corrected chi connectivity index (χ2v) is 9.50. The van der Waals surface area contributed by atoms with Gasteiger partial charge in [0, 0.05) is 19.2 Å². The van der Waals surface area contributed by atoms with Crippen LogP contribution in [0.4, 0.5) is 5.69 Å². The Morgan fingerprint density at radius 2 is 1.87 bits per heavy atom. The van der Waals surface area contributed by atoms with Crippen LogP contribution in [0.5, 0.6) is 5.75 Å². The average molecular weight is 458 g/mol. The minimum Gasteiger partial charge on any atom is -0.495 e. The number of hydrogen-bond acceptors (Lipinski definition) is 6. The number of hydrogen-bond donors (Lipinski definition) is 1. The molecule has 0 bridgehead atoms. The fraction of sp³-hybridized carbons (Fsp3) is 0.182. The quantitative estimate of drug-likeness (QED) is 0.517. The first kappa shape index (κ1) is 22.8. The van der Waals surface area contributed by atoms with E-state index in [1.807, 2.05) is 36.6 Å². The summed E-state index contributed by atoms with van der Waals surface area (Å²) in [5.41, 5.74) is 1.56. The van der Waals surface area contributed by atoms with Gasteiger partial charge in [-0.15, -0.1) is 11.8 Å². The molecule has 0 aliphatic rings. The smallest absolute Gasteiger partial charge is 0.255 e. The van der Waals surface area contributed by atoms with Crippen molar-refractivity contribution in [2.45, 2.75) is 16.5 Å². The average Bonchev–Trinajstić information content (AvgIpc) is 2.79. The predicted molar refractivity (Wildman–Crippen MR) is 122 cm³/mol. The zero-order valence-electron chi connectivity index (χ0n) is 17.4. The first-order valence-electron chi connectivity index (χ1n) is 9.35. The second-order valence-electron chi connectivity index (χ2n) is 6.66.